The van der Waals surface area contributed by atoms with Crippen LogP contribution in [-0.2, 0) is 6.42 Å². The van der Waals surface area contributed by atoms with E-state index in [1.807, 2.05) is 0 Å². The standard InChI is InChI=1S/C25H28S/c1-4-5-7-19-10-12-20(13-11-19)23-8-6-9-24(25(23)18(2)3)21-14-16-22(26)17-15-21/h6,8-18,26H,4-5,7H2,1-3H3. The topological polar surface area (TPSA) is 0 Å². The number of unbranched alkanes of at least 4 members (excludes halogenated alkanes) is 1. The molecule has 0 aliphatic rings. The summed E-state index contributed by atoms with van der Waals surface area (Å²) in [5, 5.41) is 0. The van der Waals surface area contributed by atoms with Crippen LogP contribution in [0.1, 0.15) is 50.7 Å². The molecule has 0 bridgehead atoms. The lowest BCUT2D eigenvalue weighted by Gasteiger charge is -2.19. The molecule has 0 saturated heterocycles. The summed E-state index contributed by atoms with van der Waals surface area (Å²) in [7, 11) is 0. The SMILES string of the molecule is CCCCc1ccc(-c2cccc(-c3ccc(S)cc3)c2C(C)C)cc1. The molecule has 0 N–H and O–H groups in total. The summed E-state index contributed by atoms with van der Waals surface area (Å²) in [4.78, 5) is 0.999. The first-order valence-corrected chi connectivity index (χ1v) is 10.1. The highest BCUT2D eigenvalue weighted by molar-refractivity contribution is 7.80. The zero-order valence-corrected chi connectivity index (χ0v) is 16.9. The van der Waals surface area contributed by atoms with Crippen molar-refractivity contribution >= 4 is 12.6 Å². The van der Waals surface area contributed by atoms with Gasteiger partial charge in [0.15, 0.2) is 0 Å². The lowest BCUT2D eigenvalue weighted by Crippen LogP contribution is -1.97. The zero-order chi connectivity index (χ0) is 18.5. The van der Waals surface area contributed by atoms with Crippen LogP contribution in [0.4, 0.5) is 0 Å². The molecule has 0 aliphatic carbocycles. The number of benzene rings is 3. The highest BCUT2D eigenvalue weighted by Gasteiger charge is 2.14. The van der Waals surface area contributed by atoms with Gasteiger partial charge in [-0.3, -0.25) is 0 Å². The molecule has 0 aliphatic heterocycles. The molecule has 0 unspecified atom stereocenters. The maximum atomic E-state index is 4.42. The van der Waals surface area contributed by atoms with Crippen LogP contribution in [0.3, 0.4) is 0 Å². The predicted octanol–water partition coefficient (Wildman–Crippen LogP) is 7.78. The summed E-state index contributed by atoms with van der Waals surface area (Å²) >= 11 is 4.42. The molecular weight excluding hydrogens is 332 g/mol. The Morgan fingerprint density at radius 2 is 1.31 bits per heavy atom. The van der Waals surface area contributed by atoms with Crippen LogP contribution in [0.2, 0.25) is 0 Å². The molecule has 1 heteroatoms. The van der Waals surface area contributed by atoms with E-state index in [4.69, 9.17) is 0 Å². The molecule has 0 fully saturated rings. The van der Waals surface area contributed by atoms with E-state index in [1.54, 1.807) is 0 Å². The van der Waals surface area contributed by atoms with Crippen LogP contribution in [0.25, 0.3) is 22.3 Å². The van der Waals surface area contributed by atoms with Crippen molar-refractivity contribution in [1.82, 2.24) is 0 Å². The molecular formula is C25H28S. The summed E-state index contributed by atoms with van der Waals surface area (Å²) in [6.45, 7) is 6.81. The van der Waals surface area contributed by atoms with Gasteiger partial charge in [0, 0.05) is 4.90 Å². The maximum absolute atomic E-state index is 4.42. The van der Waals surface area contributed by atoms with Crippen molar-refractivity contribution in [1.29, 1.82) is 0 Å². The molecule has 3 rings (SSSR count). The van der Waals surface area contributed by atoms with E-state index in [0.29, 0.717) is 5.92 Å². The third-order valence-corrected chi connectivity index (χ3v) is 5.24. The molecule has 0 spiro atoms. The van der Waals surface area contributed by atoms with Gasteiger partial charge < -0.3 is 0 Å². The minimum absolute atomic E-state index is 0.455. The molecule has 0 nitrogen and oxygen atoms in total. The highest BCUT2D eigenvalue weighted by Crippen LogP contribution is 2.37. The van der Waals surface area contributed by atoms with E-state index in [1.165, 1.54) is 52.6 Å². The van der Waals surface area contributed by atoms with Gasteiger partial charge in [-0.25, -0.2) is 0 Å². The predicted molar refractivity (Wildman–Crippen MR) is 117 cm³/mol. The Labute approximate surface area is 163 Å². The molecule has 134 valence electrons. The van der Waals surface area contributed by atoms with E-state index in [9.17, 15) is 0 Å². The molecule has 0 saturated carbocycles. The number of aryl methyl sites for hydroxylation is 1. The minimum atomic E-state index is 0.455. The monoisotopic (exact) mass is 360 g/mol. The average Bonchev–Trinajstić information content (AvgIpc) is 2.66. The summed E-state index contributed by atoms with van der Waals surface area (Å²) in [5.41, 5.74) is 8.08. The fourth-order valence-corrected chi connectivity index (χ4v) is 3.71. The number of rotatable bonds is 6. The molecule has 26 heavy (non-hydrogen) atoms. The van der Waals surface area contributed by atoms with Crippen molar-refractivity contribution in [3.63, 3.8) is 0 Å². The Balaban J connectivity index is 2.04. The Morgan fingerprint density at radius 1 is 0.769 bits per heavy atom. The van der Waals surface area contributed by atoms with Gasteiger partial charge in [-0.2, -0.15) is 0 Å². The van der Waals surface area contributed by atoms with Crippen molar-refractivity contribution < 1.29 is 0 Å². The van der Waals surface area contributed by atoms with Crippen LogP contribution in [-0.4, -0.2) is 0 Å². The minimum Gasteiger partial charge on any atom is -0.143 e. The van der Waals surface area contributed by atoms with E-state index in [2.05, 4.69) is 100 Å². The van der Waals surface area contributed by atoms with E-state index in [-0.39, 0.29) is 0 Å². The second-order valence-corrected chi connectivity index (χ2v) is 7.79. The zero-order valence-electron chi connectivity index (χ0n) is 16.0. The number of thiol groups is 1. The fourth-order valence-electron chi connectivity index (χ4n) is 3.56. The third-order valence-electron chi connectivity index (χ3n) is 4.95. The Bertz CT molecular complexity index is 842. The Morgan fingerprint density at radius 3 is 1.81 bits per heavy atom. The molecule has 0 aromatic heterocycles. The molecule has 0 atom stereocenters. The van der Waals surface area contributed by atoms with Crippen molar-refractivity contribution in [3.05, 3.63) is 77.9 Å². The van der Waals surface area contributed by atoms with Gasteiger partial charge in [0.05, 0.1) is 0 Å². The first-order valence-electron chi connectivity index (χ1n) is 9.61. The van der Waals surface area contributed by atoms with Crippen molar-refractivity contribution in [3.8, 4) is 22.3 Å². The average molecular weight is 361 g/mol. The first-order chi connectivity index (χ1) is 12.6. The van der Waals surface area contributed by atoms with Gasteiger partial charge in [0.1, 0.15) is 0 Å². The third kappa shape index (κ3) is 4.22. The lowest BCUT2D eigenvalue weighted by molar-refractivity contribution is 0.795. The summed E-state index contributed by atoms with van der Waals surface area (Å²) in [6, 6.07) is 24.3. The van der Waals surface area contributed by atoms with Crippen LogP contribution < -0.4 is 0 Å². The highest BCUT2D eigenvalue weighted by atomic mass is 32.1. The van der Waals surface area contributed by atoms with Gasteiger partial charge in [0.2, 0.25) is 0 Å². The molecule has 0 heterocycles. The summed E-state index contributed by atoms with van der Waals surface area (Å²) in [6.07, 6.45) is 3.67. The fraction of sp³-hybridized carbons (Fsp3) is 0.280. The van der Waals surface area contributed by atoms with Crippen LogP contribution >= 0.6 is 12.6 Å². The quantitative estimate of drug-likeness (QED) is 0.426. The summed E-state index contributed by atoms with van der Waals surface area (Å²) < 4.78 is 0. The molecule has 3 aromatic rings. The first kappa shape index (κ1) is 18.8. The smallest absolute Gasteiger partial charge is 0.00404 e. The molecule has 3 aromatic carbocycles. The van der Waals surface area contributed by atoms with Crippen molar-refractivity contribution in [2.45, 2.75) is 50.8 Å². The summed E-state index contributed by atoms with van der Waals surface area (Å²) in [5.74, 6) is 0.455. The Kier molecular flexibility index (Phi) is 6.21. The second kappa shape index (κ2) is 8.60. The largest absolute Gasteiger partial charge is 0.143 e. The van der Waals surface area contributed by atoms with Crippen molar-refractivity contribution in [2.75, 3.05) is 0 Å². The maximum Gasteiger partial charge on any atom is 0.00404 e. The lowest BCUT2D eigenvalue weighted by atomic mass is 9.85. The van der Waals surface area contributed by atoms with Gasteiger partial charge in [-0.05, 0) is 64.3 Å². The van der Waals surface area contributed by atoms with Crippen LogP contribution in [0.5, 0.6) is 0 Å². The van der Waals surface area contributed by atoms with Crippen LogP contribution in [0.15, 0.2) is 71.6 Å². The van der Waals surface area contributed by atoms with Crippen molar-refractivity contribution in [2.24, 2.45) is 0 Å². The molecule has 0 radical (unpaired) electrons. The van der Waals surface area contributed by atoms with Gasteiger partial charge in [-0.1, -0.05) is 81.8 Å². The normalized spacial score (nSPS) is 11.1. The number of hydrogen-bond donors (Lipinski definition) is 1. The van der Waals surface area contributed by atoms with Gasteiger partial charge in [-0.15, -0.1) is 12.6 Å². The van der Waals surface area contributed by atoms with Gasteiger partial charge >= 0.3 is 0 Å². The van der Waals surface area contributed by atoms with Gasteiger partial charge in [0.25, 0.3) is 0 Å². The van der Waals surface area contributed by atoms with Crippen LogP contribution in [0, 0.1) is 0 Å². The second-order valence-electron chi connectivity index (χ2n) is 7.27. The van der Waals surface area contributed by atoms with E-state index >= 15 is 0 Å². The number of hydrogen-bond acceptors (Lipinski definition) is 1. The molecule has 0 amide bonds. The Hall–Kier alpha value is -1.99. The van der Waals surface area contributed by atoms with E-state index in [0.717, 1.165) is 4.90 Å². The van der Waals surface area contributed by atoms with E-state index < -0.39 is 0 Å².